The molecule has 0 spiro atoms. The van der Waals surface area contributed by atoms with E-state index < -0.39 is 36.6 Å². The highest BCUT2D eigenvalue weighted by atomic mass is 16.4. The molecule has 0 heterocycles. The highest BCUT2D eigenvalue weighted by molar-refractivity contribution is 5.83. The van der Waals surface area contributed by atoms with Gasteiger partial charge in [0, 0.05) is 19.9 Å². The second kappa shape index (κ2) is 16.6. The van der Waals surface area contributed by atoms with Gasteiger partial charge in [-0.25, -0.2) is 0 Å². The molecule has 0 aromatic carbocycles. The van der Waals surface area contributed by atoms with E-state index in [4.69, 9.17) is 5.11 Å². The maximum Gasteiger partial charge on any atom is 0.219 e. The summed E-state index contributed by atoms with van der Waals surface area (Å²) in [5, 5.41) is 40.8. The predicted octanol–water partition coefficient (Wildman–Crippen LogP) is 0.483. The molecule has 0 aliphatic heterocycles. The van der Waals surface area contributed by atoms with Crippen LogP contribution in [0.25, 0.3) is 0 Å². The fraction of sp³-hybridized carbons (Fsp3) is 0.850. The van der Waals surface area contributed by atoms with E-state index in [0.717, 1.165) is 51.4 Å². The molecular formula is C20H37NO7. The predicted molar refractivity (Wildman–Crippen MR) is 105 cm³/mol. The van der Waals surface area contributed by atoms with E-state index in [9.17, 15) is 29.7 Å². The molecule has 1 amide bonds. The molecule has 0 saturated heterocycles. The number of hydrogen-bond donors (Lipinski definition) is 5. The van der Waals surface area contributed by atoms with Gasteiger partial charge in [0.1, 0.15) is 18.5 Å². The number of aldehydes is 1. The summed E-state index contributed by atoms with van der Waals surface area (Å²) in [6.07, 6.45) is 4.48. The van der Waals surface area contributed by atoms with Crippen molar-refractivity contribution in [1.82, 2.24) is 5.32 Å². The Bertz CT molecular complexity index is 444. The van der Waals surface area contributed by atoms with Crippen molar-refractivity contribution in [3.63, 3.8) is 0 Å². The first-order valence-corrected chi connectivity index (χ1v) is 10.2. The fourth-order valence-electron chi connectivity index (χ4n) is 2.96. The highest BCUT2D eigenvalue weighted by Crippen LogP contribution is 2.14. The van der Waals surface area contributed by atoms with Gasteiger partial charge in [0.15, 0.2) is 5.78 Å². The van der Waals surface area contributed by atoms with E-state index in [2.05, 4.69) is 5.32 Å². The second-order valence-corrected chi connectivity index (χ2v) is 7.23. The smallest absolute Gasteiger partial charge is 0.219 e. The van der Waals surface area contributed by atoms with Gasteiger partial charge in [0.2, 0.25) is 5.91 Å². The number of unbranched alkanes of at least 4 members (excludes halogenated alkanes) is 8. The maximum absolute atomic E-state index is 11.9. The molecule has 0 radical (unpaired) electrons. The standard InChI is InChI=1S/C20H37NO7/c1-21-17(25)12-10-8-6-4-2-3-5-7-9-11-16(24)19(27)20(28)18(26)15(13-22)14-23/h13,15,18-20,23,26-28H,2-12,14H2,1H3,(H,21,25). The van der Waals surface area contributed by atoms with Crippen LogP contribution < -0.4 is 5.32 Å². The van der Waals surface area contributed by atoms with Crippen LogP contribution in [0.5, 0.6) is 0 Å². The Morgan fingerprint density at radius 1 is 0.821 bits per heavy atom. The molecule has 8 nitrogen and oxygen atoms in total. The van der Waals surface area contributed by atoms with Gasteiger partial charge in [0.25, 0.3) is 0 Å². The molecule has 0 fully saturated rings. The van der Waals surface area contributed by atoms with Gasteiger partial charge in [-0.05, 0) is 12.8 Å². The van der Waals surface area contributed by atoms with Gasteiger partial charge in [-0.3, -0.25) is 9.59 Å². The topological polar surface area (TPSA) is 144 Å². The van der Waals surface area contributed by atoms with Crippen molar-refractivity contribution in [2.75, 3.05) is 13.7 Å². The monoisotopic (exact) mass is 403 g/mol. The third kappa shape index (κ3) is 11.5. The second-order valence-electron chi connectivity index (χ2n) is 7.23. The van der Waals surface area contributed by atoms with E-state index in [1.54, 1.807) is 7.05 Å². The SMILES string of the molecule is CNC(=O)CCCCCCCCCCCC(=O)C(O)C(O)C(O)C(C=O)CO. The molecule has 5 N–H and O–H groups in total. The molecule has 0 aromatic heterocycles. The van der Waals surface area contributed by atoms with Crippen LogP contribution in [-0.2, 0) is 14.4 Å². The molecule has 4 atom stereocenters. The zero-order valence-electron chi connectivity index (χ0n) is 16.9. The number of carbonyl (C=O) groups excluding carboxylic acids is 3. The fourth-order valence-corrected chi connectivity index (χ4v) is 2.96. The molecule has 0 aromatic rings. The minimum atomic E-state index is -1.79. The van der Waals surface area contributed by atoms with Gasteiger partial charge in [-0.2, -0.15) is 0 Å². The Labute approximate surface area is 167 Å². The maximum atomic E-state index is 11.9. The first kappa shape index (κ1) is 26.6. The van der Waals surface area contributed by atoms with Gasteiger partial charge >= 0.3 is 0 Å². The lowest BCUT2D eigenvalue weighted by atomic mass is 9.93. The van der Waals surface area contributed by atoms with E-state index in [1.165, 1.54) is 0 Å². The number of aliphatic hydroxyl groups excluding tert-OH is 4. The molecule has 28 heavy (non-hydrogen) atoms. The van der Waals surface area contributed by atoms with Crippen LogP contribution in [0.1, 0.15) is 70.6 Å². The Hall–Kier alpha value is -1.35. The van der Waals surface area contributed by atoms with Crippen molar-refractivity contribution < 1.29 is 34.8 Å². The van der Waals surface area contributed by atoms with Crippen LogP contribution in [0.15, 0.2) is 0 Å². The largest absolute Gasteiger partial charge is 0.396 e. The molecule has 164 valence electrons. The number of nitrogens with one attached hydrogen (secondary N) is 1. The van der Waals surface area contributed by atoms with Crippen molar-refractivity contribution in [2.45, 2.75) is 88.9 Å². The summed E-state index contributed by atoms with van der Waals surface area (Å²) in [5.74, 6) is -1.73. The lowest BCUT2D eigenvalue weighted by Crippen LogP contribution is -2.46. The number of aliphatic hydroxyl groups is 4. The molecular weight excluding hydrogens is 366 g/mol. The van der Waals surface area contributed by atoms with Crippen LogP contribution in [0.4, 0.5) is 0 Å². The van der Waals surface area contributed by atoms with Crippen LogP contribution >= 0.6 is 0 Å². The van der Waals surface area contributed by atoms with Crippen LogP contribution in [0.2, 0.25) is 0 Å². The van der Waals surface area contributed by atoms with E-state index in [1.807, 2.05) is 0 Å². The van der Waals surface area contributed by atoms with E-state index in [-0.39, 0.29) is 18.6 Å². The molecule has 0 saturated carbocycles. The summed E-state index contributed by atoms with van der Waals surface area (Å²) in [6, 6.07) is 0. The lowest BCUT2D eigenvalue weighted by molar-refractivity contribution is -0.144. The summed E-state index contributed by atoms with van der Waals surface area (Å²) in [6.45, 7) is -0.670. The van der Waals surface area contributed by atoms with Crippen LogP contribution in [0, 0.1) is 5.92 Å². The van der Waals surface area contributed by atoms with Gasteiger partial charge in [0.05, 0.1) is 18.6 Å². The highest BCUT2D eigenvalue weighted by Gasteiger charge is 2.34. The quantitative estimate of drug-likeness (QED) is 0.165. The van der Waals surface area contributed by atoms with Gasteiger partial charge in [-0.1, -0.05) is 44.9 Å². The number of rotatable bonds is 18. The minimum absolute atomic E-state index is 0.0821. The Kier molecular flexibility index (Phi) is 15.8. The van der Waals surface area contributed by atoms with Crippen molar-refractivity contribution >= 4 is 18.0 Å². The van der Waals surface area contributed by atoms with Crippen molar-refractivity contribution in [2.24, 2.45) is 5.92 Å². The Morgan fingerprint density at radius 3 is 1.71 bits per heavy atom. The Morgan fingerprint density at radius 2 is 1.29 bits per heavy atom. The van der Waals surface area contributed by atoms with E-state index >= 15 is 0 Å². The summed E-state index contributed by atoms with van der Waals surface area (Å²) < 4.78 is 0. The first-order valence-electron chi connectivity index (χ1n) is 10.2. The van der Waals surface area contributed by atoms with Crippen LogP contribution in [-0.4, -0.2) is 70.4 Å². The summed E-state index contributed by atoms with van der Waals surface area (Å²) >= 11 is 0. The summed E-state index contributed by atoms with van der Waals surface area (Å²) in [5.41, 5.74) is 0. The molecule has 0 aliphatic carbocycles. The number of Topliss-reactive ketones (excluding diaryl/α,β-unsaturated/α-hetero) is 1. The third-order valence-corrected chi connectivity index (χ3v) is 4.93. The molecule has 0 bridgehead atoms. The average molecular weight is 404 g/mol. The zero-order chi connectivity index (χ0) is 21.4. The zero-order valence-corrected chi connectivity index (χ0v) is 16.9. The van der Waals surface area contributed by atoms with Crippen molar-refractivity contribution in [3.8, 4) is 0 Å². The molecule has 0 aliphatic rings. The summed E-state index contributed by atoms with van der Waals surface area (Å²) in [7, 11) is 1.64. The number of ketones is 1. The van der Waals surface area contributed by atoms with Gasteiger partial charge in [-0.15, -0.1) is 0 Å². The number of carbonyl (C=O) groups is 3. The van der Waals surface area contributed by atoms with Crippen molar-refractivity contribution in [1.29, 1.82) is 0 Å². The normalized spacial score (nSPS) is 15.5. The Balaban J connectivity index is 3.73. The number of amides is 1. The van der Waals surface area contributed by atoms with Gasteiger partial charge < -0.3 is 30.5 Å². The lowest BCUT2D eigenvalue weighted by Gasteiger charge is -2.24. The summed E-state index contributed by atoms with van der Waals surface area (Å²) in [4.78, 5) is 33.6. The number of hydrogen-bond acceptors (Lipinski definition) is 7. The first-order chi connectivity index (χ1) is 13.4. The third-order valence-electron chi connectivity index (χ3n) is 4.93. The van der Waals surface area contributed by atoms with Crippen molar-refractivity contribution in [3.05, 3.63) is 0 Å². The minimum Gasteiger partial charge on any atom is -0.396 e. The molecule has 0 rings (SSSR count). The van der Waals surface area contributed by atoms with E-state index in [0.29, 0.717) is 12.8 Å². The molecule has 4 unspecified atom stereocenters. The molecule has 8 heteroatoms. The average Bonchev–Trinajstić information content (AvgIpc) is 2.71. The van der Waals surface area contributed by atoms with Crippen LogP contribution in [0.3, 0.4) is 0 Å².